The maximum Gasteiger partial charge on any atom is 0.342 e. The summed E-state index contributed by atoms with van der Waals surface area (Å²) in [5.41, 5.74) is -1.01. The smallest absolute Gasteiger partial charge is 0.342 e. The van der Waals surface area contributed by atoms with Crippen LogP contribution in [0.3, 0.4) is 0 Å². The molecular weight excluding hydrogens is 288 g/mol. The highest BCUT2D eigenvalue weighted by molar-refractivity contribution is 7.98. The van der Waals surface area contributed by atoms with Crippen molar-refractivity contribution in [3.8, 4) is 0 Å². The molecule has 0 aliphatic rings. The Balaban J connectivity index is 2.10. The van der Waals surface area contributed by atoms with Crippen molar-refractivity contribution in [2.45, 2.75) is 10.6 Å². The molecule has 2 aromatic rings. The van der Waals surface area contributed by atoms with Gasteiger partial charge in [-0.1, -0.05) is 17.7 Å². The Kier molecular flexibility index (Phi) is 4.24. The van der Waals surface area contributed by atoms with Crippen molar-refractivity contribution in [3.05, 3.63) is 57.2 Å². The van der Waals surface area contributed by atoms with E-state index in [0.29, 0.717) is 16.6 Å². The minimum Gasteiger partial charge on any atom is -0.477 e. The first-order chi connectivity index (χ1) is 9.06. The third-order valence-electron chi connectivity index (χ3n) is 2.25. The number of rotatable bonds is 4. The molecule has 5 nitrogen and oxygen atoms in total. The highest BCUT2D eigenvalue weighted by Crippen LogP contribution is 2.23. The minimum atomic E-state index is -1.29. The van der Waals surface area contributed by atoms with Crippen LogP contribution in [0.4, 0.5) is 0 Å². The second-order valence-corrected chi connectivity index (χ2v) is 5.11. The molecule has 0 saturated heterocycles. The van der Waals surface area contributed by atoms with Crippen LogP contribution in [-0.2, 0) is 5.75 Å². The predicted octanol–water partition coefficient (Wildman–Crippen LogP) is 2.41. The Bertz CT molecular complexity index is 672. The number of H-pyrrole nitrogens is 1. The summed E-state index contributed by atoms with van der Waals surface area (Å²) < 4.78 is 0. The zero-order valence-corrected chi connectivity index (χ0v) is 11.2. The fraction of sp³-hybridized carbons (Fsp3) is 0.0833. The highest BCUT2D eigenvalue weighted by atomic mass is 35.5. The lowest BCUT2D eigenvalue weighted by Crippen LogP contribution is -2.19. The summed E-state index contributed by atoms with van der Waals surface area (Å²) in [6.45, 7) is 0. The van der Waals surface area contributed by atoms with Crippen LogP contribution in [0.25, 0.3) is 0 Å². The van der Waals surface area contributed by atoms with Crippen molar-refractivity contribution in [2.75, 3.05) is 0 Å². The van der Waals surface area contributed by atoms with E-state index in [0.717, 1.165) is 11.1 Å². The van der Waals surface area contributed by atoms with E-state index in [1.807, 2.05) is 12.1 Å². The third-order valence-corrected chi connectivity index (χ3v) is 3.49. The van der Waals surface area contributed by atoms with Gasteiger partial charge < -0.3 is 10.1 Å². The van der Waals surface area contributed by atoms with Gasteiger partial charge in [0.1, 0.15) is 11.4 Å². The van der Waals surface area contributed by atoms with Crippen LogP contribution >= 0.6 is 23.4 Å². The Morgan fingerprint density at radius 3 is 2.89 bits per heavy atom. The Labute approximate surface area is 117 Å². The van der Waals surface area contributed by atoms with Gasteiger partial charge in [0, 0.05) is 16.1 Å². The van der Waals surface area contributed by atoms with Crippen LogP contribution < -0.4 is 5.56 Å². The predicted molar refractivity (Wildman–Crippen MR) is 72.8 cm³/mol. The lowest BCUT2D eigenvalue weighted by Gasteiger charge is -2.02. The summed E-state index contributed by atoms with van der Waals surface area (Å²) in [6, 6.07) is 7.29. The molecule has 7 heteroatoms. The first-order valence-corrected chi connectivity index (χ1v) is 6.62. The van der Waals surface area contributed by atoms with Gasteiger partial charge in [0.15, 0.2) is 0 Å². The molecule has 0 spiro atoms. The van der Waals surface area contributed by atoms with Gasteiger partial charge in [0.05, 0.1) is 5.75 Å². The Hall–Kier alpha value is -1.79. The average molecular weight is 297 g/mol. The number of carboxylic acids is 1. The number of hydrogen-bond acceptors (Lipinski definition) is 4. The minimum absolute atomic E-state index is 0.364. The van der Waals surface area contributed by atoms with Gasteiger partial charge in [-0.15, -0.1) is 11.8 Å². The number of benzene rings is 1. The molecule has 1 aromatic carbocycles. The zero-order chi connectivity index (χ0) is 13.8. The third kappa shape index (κ3) is 3.59. The first kappa shape index (κ1) is 13.6. The van der Waals surface area contributed by atoms with Crippen LogP contribution in [0, 0.1) is 0 Å². The number of halogens is 1. The summed E-state index contributed by atoms with van der Waals surface area (Å²) in [5, 5.41) is 9.35. The van der Waals surface area contributed by atoms with Crippen LogP contribution in [0.15, 0.2) is 40.2 Å². The van der Waals surface area contributed by atoms with Gasteiger partial charge in [-0.25, -0.2) is 9.78 Å². The second-order valence-electron chi connectivity index (χ2n) is 3.62. The fourth-order valence-electron chi connectivity index (χ4n) is 1.37. The van der Waals surface area contributed by atoms with Crippen molar-refractivity contribution in [1.82, 2.24) is 9.97 Å². The Morgan fingerprint density at radius 1 is 1.47 bits per heavy atom. The van der Waals surface area contributed by atoms with E-state index in [1.165, 1.54) is 11.8 Å². The van der Waals surface area contributed by atoms with Crippen molar-refractivity contribution >= 4 is 29.3 Å². The normalized spacial score (nSPS) is 10.4. The number of carboxylic acid groups (broad SMARTS) is 1. The van der Waals surface area contributed by atoms with Crippen LogP contribution in [0.5, 0.6) is 0 Å². The van der Waals surface area contributed by atoms with Crippen molar-refractivity contribution in [2.24, 2.45) is 0 Å². The molecule has 0 amide bonds. The van der Waals surface area contributed by atoms with Crippen LogP contribution in [-0.4, -0.2) is 21.0 Å². The summed E-state index contributed by atoms with van der Waals surface area (Å²) in [5.74, 6) is -0.446. The summed E-state index contributed by atoms with van der Waals surface area (Å²) in [7, 11) is 0. The average Bonchev–Trinajstić information content (AvgIpc) is 2.36. The standard InChI is InChI=1S/C12H9ClN2O3S/c13-7-2-1-3-8(4-7)19-6-10-14-5-9(12(17)18)11(16)15-10/h1-5H,6H2,(H,17,18)(H,14,15,16). The highest BCUT2D eigenvalue weighted by Gasteiger charge is 2.09. The number of nitrogens with one attached hydrogen (secondary N) is 1. The number of aromatic carboxylic acids is 1. The molecule has 1 heterocycles. The molecule has 0 aliphatic heterocycles. The SMILES string of the molecule is O=C(O)c1cnc(CSc2cccc(Cl)c2)[nH]c1=O. The van der Waals surface area contributed by atoms with E-state index in [1.54, 1.807) is 12.1 Å². The molecule has 2 N–H and O–H groups in total. The molecule has 98 valence electrons. The van der Waals surface area contributed by atoms with E-state index in [9.17, 15) is 9.59 Å². The molecule has 2 rings (SSSR count). The number of nitrogens with zero attached hydrogens (tertiary/aromatic N) is 1. The van der Waals surface area contributed by atoms with E-state index < -0.39 is 11.5 Å². The molecule has 0 atom stereocenters. The molecule has 0 bridgehead atoms. The van der Waals surface area contributed by atoms with Crippen molar-refractivity contribution in [3.63, 3.8) is 0 Å². The van der Waals surface area contributed by atoms with Crippen LogP contribution in [0.1, 0.15) is 16.2 Å². The van der Waals surface area contributed by atoms with E-state index in [4.69, 9.17) is 16.7 Å². The van der Waals surface area contributed by atoms with Gasteiger partial charge in [-0.05, 0) is 18.2 Å². The number of aromatic nitrogens is 2. The zero-order valence-electron chi connectivity index (χ0n) is 9.59. The molecule has 0 radical (unpaired) electrons. The number of carbonyl (C=O) groups is 1. The van der Waals surface area contributed by atoms with Crippen LogP contribution in [0.2, 0.25) is 5.02 Å². The summed E-state index contributed by atoms with van der Waals surface area (Å²) in [4.78, 5) is 29.4. The number of aromatic amines is 1. The maximum absolute atomic E-state index is 11.4. The monoisotopic (exact) mass is 296 g/mol. The first-order valence-electron chi connectivity index (χ1n) is 5.26. The van der Waals surface area contributed by atoms with Crippen molar-refractivity contribution < 1.29 is 9.90 Å². The topological polar surface area (TPSA) is 83.0 Å². The van der Waals surface area contributed by atoms with Gasteiger partial charge in [0.2, 0.25) is 0 Å². The summed E-state index contributed by atoms with van der Waals surface area (Å²) >= 11 is 7.30. The molecule has 19 heavy (non-hydrogen) atoms. The summed E-state index contributed by atoms with van der Waals surface area (Å²) in [6.07, 6.45) is 1.06. The quantitative estimate of drug-likeness (QED) is 0.847. The molecule has 0 saturated carbocycles. The van der Waals surface area contributed by atoms with E-state index in [2.05, 4.69) is 9.97 Å². The lowest BCUT2D eigenvalue weighted by molar-refractivity contribution is 0.0694. The van der Waals surface area contributed by atoms with Gasteiger partial charge in [-0.2, -0.15) is 0 Å². The van der Waals surface area contributed by atoms with Crippen molar-refractivity contribution in [1.29, 1.82) is 0 Å². The molecule has 0 fully saturated rings. The second kappa shape index (κ2) is 5.90. The largest absolute Gasteiger partial charge is 0.477 e. The van der Waals surface area contributed by atoms with E-state index >= 15 is 0 Å². The Morgan fingerprint density at radius 2 is 2.26 bits per heavy atom. The maximum atomic E-state index is 11.4. The van der Waals surface area contributed by atoms with E-state index in [-0.39, 0.29) is 5.56 Å². The van der Waals surface area contributed by atoms with Gasteiger partial charge in [0.25, 0.3) is 5.56 Å². The number of hydrogen-bond donors (Lipinski definition) is 2. The fourth-order valence-corrected chi connectivity index (χ4v) is 2.46. The lowest BCUT2D eigenvalue weighted by atomic mass is 10.3. The van der Waals surface area contributed by atoms with Gasteiger partial charge in [-0.3, -0.25) is 4.79 Å². The van der Waals surface area contributed by atoms with Gasteiger partial charge >= 0.3 is 5.97 Å². The molecular formula is C12H9ClN2O3S. The molecule has 1 aromatic heterocycles. The molecule has 0 aliphatic carbocycles. The number of thioether (sulfide) groups is 1. The molecule has 0 unspecified atom stereocenters.